The van der Waals surface area contributed by atoms with Crippen LogP contribution in [0.2, 0.25) is 10.0 Å². The van der Waals surface area contributed by atoms with Gasteiger partial charge in [0.05, 0.1) is 16.4 Å². The van der Waals surface area contributed by atoms with E-state index < -0.39 is 5.91 Å². The molecule has 1 aliphatic rings. The number of hydrogen-bond donors (Lipinski definition) is 1. The molecule has 0 spiro atoms. The van der Waals surface area contributed by atoms with Crippen LogP contribution >= 0.6 is 39.1 Å². The first-order valence-corrected chi connectivity index (χ1v) is 9.58. The van der Waals surface area contributed by atoms with E-state index in [1.54, 1.807) is 22.9 Å². The van der Waals surface area contributed by atoms with Crippen molar-refractivity contribution in [2.45, 2.75) is 19.8 Å². The van der Waals surface area contributed by atoms with Gasteiger partial charge in [-0.2, -0.15) is 5.10 Å². The van der Waals surface area contributed by atoms with Crippen LogP contribution in [0.3, 0.4) is 0 Å². The first-order chi connectivity index (χ1) is 12.4. The van der Waals surface area contributed by atoms with E-state index in [1.807, 2.05) is 19.1 Å². The van der Waals surface area contributed by atoms with E-state index in [2.05, 4.69) is 33.2 Å². The van der Waals surface area contributed by atoms with Crippen molar-refractivity contribution >= 4 is 50.6 Å². The lowest BCUT2D eigenvalue weighted by Crippen LogP contribution is -2.14. The minimum Gasteiger partial charge on any atom is -0.364 e. The van der Waals surface area contributed by atoms with Crippen molar-refractivity contribution in [3.05, 3.63) is 74.0 Å². The molecule has 134 valence electrons. The lowest BCUT2D eigenvalue weighted by molar-refractivity contribution is 0.0994. The number of primary amides is 1. The van der Waals surface area contributed by atoms with Gasteiger partial charge in [0.25, 0.3) is 5.91 Å². The van der Waals surface area contributed by atoms with Gasteiger partial charge < -0.3 is 5.73 Å². The third-order valence-electron chi connectivity index (χ3n) is 4.05. The lowest BCUT2D eigenvalue weighted by atomic mass is 10.0. The minimum atomic E-state index is -0.565. The maximum Gasteiger partial charge on any atom is 0.269 e. The summed E-state index contributed by atoms with van der Waals surface area (Å²) < 4.78 is 2.67. The van der Waals surface area contributed by atoms with Gasteiger partial charge in [-0.3, -0.25) is 4.79 Å². The topological polar surface area (TPSA) is 60.9 Å². The van der Waals surface area contributed by atoms with Crippen LogP contribution in [0.25, 0.3) is 11.3 Å². The fraction of sp³-hybridized carbons (Fsp3) is 0.158. The largest absolute Gasteiger partial charge is 0.364 e. The predicted octanol–water partition coefficient (Wildman–Crippen LogP) is 5.46. The number of nitrogens with two attached hydrogens (primary N) is 1. The maximum atomic E-state index is 12.0. The second-order valence-corrected chi connectivity index (χ2v) is 7.48. The monoisotopic (exact) mass is 451 g/mol. The highest BCUT2D eigenvalue weighted by Gasteiger charge is 2.24. The number of carbonyl (C=O) groups excluding carboxylic acids is 1. The molecule has 1 aromatic carbocycles. The molecule has 0 saturated heterocycles. The average Bonchev–Trinajstić information content (AvgIpc) is 2.84. The fourth-order valence-corrected chi connectivity index (χ4v) is 3.69. The summed E-state index contributed by atoms with van der Waals surface area (Å²) in [6, 6.07) is 5.16. The Labute approximate surface area is 170 Å². The molecule has 0 bridgehead atoms. The van der Waals surface area contributed by atoms with Crippen molar-refractivity contribution in [1.29, 1.82) is 0 Å². The van der Waals surface area contributed by atoms with Gasteiger partial charge in [0, 0.05) is 15.1 Å². The quantitative estimate of drug-likeness (QED) is 0.669. The van der Waals surface area contributed by atoms with Crippen molar-refractivity contribution in [2.75, 3.05) is 0 Å². The summed E-state index contributed by atoms with van der Waals surface area (Å²) in [5.74, 6) is -0.565. The van der Waals surface area contributed by atoms with Crippen LogP contribution in [0, 0.1) is 0 Å². The minimum absolute atomic E-state index is 0.249. The summed E-state index contributed by atoms with van der Waals surface area (Å²) in [6.07, 6.45) is 9.43. The number of nitrogens with zero attached hydrogens (tertiary/aromatic N) is 2. The third-order valence-corrected chi connectivity index (χ3v) is 5.18. The maximum absolute atomic E-state index is 12.0. The van der Waals surface area contributed by atoms with Crippen LogP contribution < -0.4 is 5.73 Å². The molecule has 1 amide bonds. The van der Waals surface area contributed by atoms with Crippen LogP contribution in [-0.2, 0) is 6.42 Å². The first kappa shape index (κ1) is 19.0. The molecule has 2 N–H and O–H groups in total. The SMILES string of the molecule is CCc1c(C(N)=O)nn(-c2ccc(Cl)cc2Cl)c1C1=CCC=C(Br)C=C1. The highest BCUT2D eigenvalue weighted by molar-refractivity contribution is 9.11. The molecule has 0 aliphatic heterocycles. The Morgan fingerprint density at radius 2 is 2.08 bits per heavy atom. The molecule has 0 saturated carbocycles. The molecule has 7 heteroatoms. The van der Waals surface area contributed by atoms with E-state index in [-0.39, 0.29) is 5.69 Å². The van der Waals surface area contributed by atoms with Gasteiger partial charge in [0.2, 0.25) is 0 Å². The normalized spacial score (nSPS) is 14.0. The zero-order valence-corrected chi connectivity index (χ0v) is 17.1. The van der Waals surface area contributed by atoms with Gasteiger partial charge in [0.1, 0.15) is 0 Å². The molecule has 1 heterocycles. The molecule has 4 nitrogen and oxygen atoms in total. The zero-order chi connectivity index (χ0) is 18.8. The Morgan fingerprint density at radius 3 is 2.73 bits per heavy atom. The molecule has 26 heavy (non-hydrogen) atoms. The van der Waals surface area contributed by atoms with Gasteiger partial charge in [-0.15, -0.1) is 0 Å². The Hall–Kier alpha value is -1.82. The van der Waals surface area contributed by atoms with E-state index in [1.165, 1.54) is 0 Å². The molecule has 0 radical (unpaired) electrons. The van der Waals surface area contributed by atoms with E-state index in [9.17, 15) is 4.79 Å². The van der Waals surface area contributed by atoms with Crippen molar-refractivity contribution in [2.24, 2.45) is 5.73 Å². The van der Waals surface area contributed by atoms with Crippen molar-refractivity contribution in [1.82, 2.24) is 9.78 Å². The van der Waals surface area contributed by atoms with Crippen LogP contribution in [0.15, 0.2) is 47.0 Å². The molecule has 1 aliphatic carbocycles. The van der Waals surface area contributed by atoms with Gasteiger partial charge >= 0.3 is 0 Å². The summed E-state index contributed by atoms with van der Waals surface area (Å²) in [7, 11) is 0. The third kappa shape index (κ3) is 3.65. The van der Waals surface area contributed by atoms with Crippen molar-refractivity contribution in [3.8, 4) is 5.69 Å². The zero-order valence-electron chi connectivity index (χ0n) is 14.0. The predicted molar refractivity (Wildman–Crippen MR) is 110 cm³/mol. The molecule has 1 aromatic heterocycles. The first-order valence-electron chi connectivity index (χ1n) is 8.03. The second kappa shape index (κ2) is 7.82. The van der Waals surface area contributed by atoms with Crippen molar-refractivity contribution < 1.29 is 4.79 Å². The van der Waals surface area contributed by atoms with Gasteiger partial charge in [-0.1, -0.05) is 64.3 Å². The number of amides is 1. The molecule has 0 atom stereocenters. The highest BCUT2D eigenvalue weighted by Crippen LogP contribution is 2.33. The Morgan fingerprint density at radius 1 is 1.31 bits per heavy atom. The number of benzene rings is 1. The summed E-state index contributed by atoms with van der Waals surface area (Å²) in [4.78, 5) is 12.0. The fourth-order valence-electron chi connectivity index (χ4n) is 2.89. The van der Waals surface area contributed by atoms with Crippen LogP contribution in [0.5, 0.6) is 0 Å². The smallest absolute Gasteiger partial charge is 0.269 e. The second-order valence-electron chi connectivity index (χ2n) is 5.72. The summed E-state index contributed by atoms with van der Waals surface area (Å²) in [6.45, 7) is 1.97. The summed E-state index contributed by atoms with van der Waals surface area (Å²) >= 11 is 15.9. The average molecular weight is 453 g/mol. The molecular weight excluding hydrogens is 437 g/mol. The van der Waals surface area contributed by atoms with Gasteiger partial charge in [-0.05, 0) is 42.7 Å². The van der Waals surface area contributed by atoms with Crippen LogP contribution in [0.1, 0.15) is 35.1 Å². The molecule has 3 rings (SSSR count). The number of rotatable bonds is 4. The Bertz CT molecular complexity index is 973. The number of allylic oxidation sites excluding steroid dienone is 6. The van der Waals surface area contributed by atoms with E-state index in [4.69, 9.17) is 28.9 Å². The standard InChI is InChI=1S/C19H16BrCl2N3O/c1-2-14-17(19(23)26)24-25(16-9-8-13(21)10-15(16)22)18(14)11-4-3-5-12(20)7-6-11/h4-10H,2-3H2,1H3,(H2,23,26). The van der Waals surface area contributed by atoms with Gasteiger partial charge in [0.15, 0.2) is 5.69 Å². The molecular formula is C19H16BrCl2N3O. The molecule has 2 aromatic rings. The number of hydrogen-bond acceptors (Lipinski definition) is 2. The molecule has 0 unspecified atom stereocenters. The van der Waals surface area contributed by atoms with E-state index >= 15 is 0 Å². The van der Waals surface area contributed by atoms with Gasteiger partial charge in [-0.25, -0.2) is 4.68 Å². The number of halogens is 3. The molecule has 0 fully saturated rings. The number of carbonyl (C=O) groups is 1. The van der Waals surface area contributed by atoms with Crippen molar-refractivity contribution in [3.63, 3.8) is 0 Å². The van der Waals surface area contributed by atoms with Crippen LogP contribution in [-0.4, -0.2) is 15.7 Å². The highest BCUT2D eigenvalue weighted by atomic mass is 79.9. The van der Waals surface area contributed by atoms with E-state index in [0.29, 0.717) is 22.2 Å². The van der Waals surface area contributed by atoms with E-state index in [0.717, 1.165) is 27.7 Å². The lowest BCUT2D eigenvalue weighted by Gasteiger charge is -2.12. The Balaban J connectivity index is 2.29. The number of aromatic nitrogens is 2. The summed E-state index contributed by atoms with van der Waals surface area (Å²) in [5.41, 5.74) is 8.99. The Kier molecular flexibility index (Phi) is 5.70. The summed E-state index contributed by atoms with van der Waals surface area (Å²) in [5, 5.41) is 5.45. The van der Waals surface area contributed by atoms with Crippen LogP contribution in [0.4, 0.5) is 0 Å².